The Labute approximate surface area is 198 Å². The lowest BCUT2D eigenvalue weighted by Crippen LogP contribution is -2.40. The summed E-state index contributed by atoms with van der Waals surface area (Å²) >= 11 is 0. The highest BCUT2D eigenvalue weighted by molar-refractivity contribution is 14.0. The summed E-state index contributed by atoms with van der Waals surface area (Å²) in [4.78, 5) is 19.5. The van der Waals surface area contributed by atoms with Crippen molar-refractivity contribution >= 4 is 35.8 Å². The fourth-order valence-corrected chi connectivity index (χ4v) is 3.07. The molecule has 1 aliphatic rings. The Morgan fingerprint density at radius 3 is 2.60 bits per heavy atom. The summed E-state index contributed by atoms with van der Waals surface area (Å²) < 4.78 is 5.39. The van der Waals surface area contributed by atoms with Crippen molar-refractivity contribution in [2.45, 2.75) is 46.2 Å². The smallest absolute Gasteiger partial charge is 0.251 e. The van der Waals surface area contributed by atoms with E-state index in [2.05, 4.69) is 32.8 Å². The molecule has 1 saturated heterocycles. The molecule has 0 radical (unpaired) electrons. The zero-order chi connectivity index (χ0) is 21.1. The van der Waals surface area contributed by atoms with E-state index < -0.39 is 0 Å². The Morgan fingerprint density at radius 2 is 1.93 bits per heavy atom. The van der Waals surface area contributed by atoms with Crippen molar-refractivity contribution in [3.8, 4) is 0 Å². The van der Waals surface area contributed by atoms with Crippen molar-refractivity contribution in [1.82, 2.24) is 20.9 Å². The minimum Gasteiger partial charge on any atom is -0.379 e. The standard InChI is InChI=1S/C22H37N5O2.HI/c1-5-23-21(24-10-7-11-27-12-14-29-15-13-27)25-17-18-8-6-9-19(16-18)20(28)26-22(2,3)4;/h6,8-9,16H,5,7,10-15,17H2,1-4H3,(H,26,28)(H2,23,24,25);1H. The Bertz CT molecular complexity index is 670. The molecule has 30 heavy (non-hydrogen) atoms. The number of hydrogen-bond donors (Lipinski definition) is 3. The summed E-state index contributed by atoms with van der Waals surface area (Å²) in [7, 11) is 0. The maximum Gasteiger partial charge on any atom is 0.251 e. The van der Waals surface area contributed by atoms with Crippen LogP contribution in [0.2, 0.25) is 0 Å². The monoisotopic (exact) mass is 531 g/mol. The van der Waals surface area contributed by atoms with Gasteiger partial charge in [-0.05, 0) is 58.4 Å². The van der Waals surface area contributed by atoms with Gasteiger partial charge in [0.1, 0.15) is 0 Å². The average molecular weight is 531 g/mol. The minimum atomic E-state index is -0.255. The predicted octanol–water partition coefficient (Wildman–Crippen LogP) is 2.61. The first-order valence-corrected chi connectivity index (χ1v) is 10.6. The molecular weight excluding hydrogens is 493 g/mol. The lowest BCUT2D eigenvalue weighted by atomic mass is 10.1. The van der Waals surface area contributed by atoms with Crippen LogP contribution in [0.4, 0.5) is 0 Å². The zero-order valence-corrected chi connectivity index (χ0v) is 21.1. The van der Waals surface area contributed by atoms with Crippen molar-refractivity contribution in [1.29, 1.82) is 0 Å². The van der Waals surface area contributed by atoms with Gasteiger partial charge in [-0.15, -0.1) is 24.0 Å². The number of carbonyl (C=O) groups excluding carboxylic acids is 1. The minimum absolute atomic E-state index is 0. The molecule has 2 rings (SSSR count). The first kappa shape index (κ1) is 26.6. The number of morpholine rings is 1. The first-order chi connectivity index (χ1) is 13.9. The van der Waals surface area contributed by atoms with E-state index in [-0.39, 0.29) is 35.4 Å². The largest absolute Gasteiger partial charge is 0.379 e. The third-order valence-electron chi connectivity index (χ3n) is 4.49. The molecule has 8 heteroatoms. The van der Waals surface area contributed by atoms with Crippen LogP contribution >= 0.6 is 24.0 Å². The van der Waals surface area contributed by atoms with E-state index >= 15 is 0 Å². The highest BCUT2D eigenvalue weighted by atomic mass is 127. The number of benzene rings is 1. The molecule has 3 N–H and O–H groups in total. The number of amides is 1. The Morgan fingerprint density at radius 1 is 1.20 bits per heavy atom. The number of nitrogens with one attached hydrogen (secondary N) is 3. The fraction of sp³-hybridized carbons (Fsp3) is 0.636. The van der Waals surface area contributed by atoms with Crippen LogP contribution < -0.4 is 16.0 Å². The van der Waals surface area contributed by atoms with Crippen molar-refractivity contribution in [3.63, 3.8) is 0 Å². The van der Waals surface area contributed by atoms with Gasteiger partial charge >= 0.3 is 0 Å². The molecular formula is C22H38IN5O2. The molecule has 1 amide bonds. The summed E-state index contributed by atoms with van der Waals surface area (Å²) in [6, 6.07) is 7.65. The van der Waals surface area contributed by atoms with Crippen LogP contribution in [-0.2, 0) is 11.3 Å². The van der Waals surface area contributed by atoms with Gasteiger partial charge in [-0.3, -0.25) is 9.69 Å². The van der Waals surface area contributed by atoms with E-state index in [1.165, 1.54) is 0 Å². The normalized spacial score (nSPS) is 15.3. The van der Waals surface area contributed by atoms with E-state index in [0.29, 0.717) is 12.1 Å². The molecule has 1 aromatic rings. The maximum atomic E-state index is 12.4. The fourth-order valence-electron chi connectivity index (χ4n) is 3.07. The van der Waals surface area contributed by atoms with Crippen molar-refractivity contribution in [2.75, 3.05) is 45.9 Å². The summed E-state index contributed by atoms with van der Waals surface area (Å²) in [6.45, 7) is 15.0. The first-order valence-electron chi connectivity index (χ1n) is 10.6. The number of rotatable bonds is 8. The number of aliphatic imine (C=N–C) groups is 1. The summed E-state index contributed by atoms with van der Waals surface area (Å²) in [5.41, 5.74) is 1.42. The maximum absolute atomic E-state index is 12.4. The Balaban J connectivity index is 0.00000450. The third kappa shape index (κ3) is 10.6. The van der Waals surface area contributed by atoms with E-state index in [0.717, 1.165) is 63.9 Å². The molecule has 1 heterocycles. The second kappa shape index (κ2) is 13.8. The molecule has 0 spiro atoms. The molecule has 1 aliphatic heterocycles. The van der Waals surface area contributed by atoms with Crippen LogP contribution in [0.5, 0.6) is 0 Å². The molecule has 0 aromatic heterocycles. The molecule has 0 atom stereocenters. The SMILES string of the molecule is CCNC(=NCc1cccc(C(=O)NC(C)(C)C)c1)NCCCN1CCOCC1.I. The number of ether oxygens (including phenoxy) is 1. The lowest BCUT2D eigenvalue weighted by molar-refractivity contribution is 0.0376. The highest BCUT2D eigenvalue weighted by Gasteiger charge is 2.15. The van der Waals surface area contributed by atoms with Gasteiger partial charge < -0.3 is 20.7 Å². The van der Waals surface area contributed by atoms with Gasteiger partial charge in [0.2, 0.25) is 0 Å². The third-order valence-corrected chi connectivity index (χ3v) is 4.49. The van der Waals surface area contributed by atoms with Crippen LogP contribution in [0.3, 0.4) is 0 Å². The predicted molar refractivity (Wildman–Crippen MR) is 134 cm³/mol. The van der Waals surface area contributed by atoms with Crippen molar-refractivity contribution in [2.24, 2.45) is 4.99 Å². The topological polar surface area (TPSA) is 78.0 Å². The van der Waals surface area contributed by atoms with Crippen LogP contribution in [0.15, 0.2) is 29.3 Å². The molecule has 1 fully saturated rings. The van der Waals surface area contributed by atoms with Gasteiger partial charge in [0.05, 0.1) is 19.8 Å². The summed E-state index contributed by atoms with van der Waals surface area (Å²) in [5, 5.41) is 9.68. The molecule has 7 nitrogen and oxygen atoms in total. The van der Waals surface area contributed by atoms with Crippen LogP contribution in [0, 0.1) is 0 Å². The Kier molecular flexibility index (Phi) is 12.3. The van der Waals surface area contributed by atoms with Gasteiger partial charge in [-0.1, -0.05) is 12.1 Å². The van der Waals surface area contributed by atoms with Crippen molar-refractivity contribution < 1.29 is 9.53 Å². The molecule has 1 aromatic carbocycles. The number of hydrogen-bond acceptors (Lipinski definition) is 4. The van der Waals surface area contributed by atoms with E-state index in [1.807, 2.05) is 45.0 Å². The molecule has 0 aliphatic carbocycles. The van der Waals surface area contributed by atoms with Crippen LogP contribution in [0.1, 0.15) is 50.0 Å². The second-order valence-corrected chi connectivity index (χ2v) is 8.33. The Hall–Kier alpha value is -1.39. The van der Waals surface area contributed by atoms with Gasteiger partial charge in [0.15, 0.2) is 5.96 Å². The van der Waals surface area contributed by atoms with Crippen LogP contribution in [-0.4, -0.2) is 68.2 Å². The summed E-state index contributed by atoms with van der Waals surface area (Å²) in [5.74, 6) is 0.746. The number of guanidine groups is 1. The van der Waals surface area contributed by atoms with E-state index in [9.17, 15) is 4.79 Å². The number of carbonyl (C=O) groups is 1. The molecule has 0 bridgehead atoms. The second-order valence-electron chi connectivity index (χ2n) is 8.33. The number of halogens is 1. The van der Waals surface area contributed by atoms with Crippen LogP contribution in [0.25, 0.3) is 0 Å². The summed E-state index contributed by atoms with van der Waals surface area (Å²) in [6.07, 6.45) is 1.06. The van der Waals surface area contributed by atoms with E-state index in [4.69, 9.17) is 4.74 Å². The molecule has 0 saturated carbocycles. The van der Waals surface area contributed by atoms with Gasteiger partial charge in [0.25, 0.3) is 5.91 Å². The number of nitrogens with zero attached hydrogens (tertiary/aromatic N) is 2. The van der Waals surface area contributed by atoms with Gasteiger partial charge in [-0.2, -0.15) is 0 Å². The van der Waals surface area contributed by atoms with E-state index in [1.54, 1.807) is 0 Å². The average Bonchev–Trinajstić information content (AvgIpc) is 2.69. The lowest BCUT2D eigenvalue weighted by Gasteiger charge is -2.26. The molecule has 170 valence electrons. The molecule has 0 unspecified atom stereocenters. The van der Waals surface area contributed by atoms with Crippen molar-refractivity contribution in [3.05, 3.63) is 35.4 Å². The van der Waals surface area contributed by atoms with Gasteiger partial charge in [0, 0.05) is 37.3 Å². The quantitative estimate of drug-likeness (QED) is 0.208. The van der Waals surface area contributed by atoms with Gasteiger partial charge in [-0.25, -0.2) is 4.99 Å². The highest BCUT2D eigenvalue weighted by Crippen LogP contribution is 2.09. The zero-order valence-electron chi connectivity index (χ0n) is 18.8.